The fourth-order valence-corrected chi connectivity index (χ4v) is 3.76. The molecular weight excluding hydrogens is 235 g/mol. The van der Waals surface area contributed by atoms with Crippen molar-refractivity contribution in [3.8, 4) is 0 Å². The van der Waals surface area contributed by atoms with Gasteiger partial charge in [0, 0.05) is 0 Å². The van der Waals surface area contributed by atoms with Crippen molar-refractivity contribution in [1.82, 2.24) is 0 Å². The molecule has 0 saturated carbocycles. The third-order valence-corrected chi connectivity index (χ3v) is 8.50. The van der Waals surface area contributed by atoms with E-state index >= 15 is 0 Å². The zero-order chi connectivity index (χ0) is 7.98. The Morgan fingerprint density at radius 1 is 1.20 bits per heavy atom. The van der Waals surface area contributed by atoms with E-state index in [0.717, 1.165) is 3.92 Å². The summed E-state index contributed by atoms with van der Waals surface area (Å²) in [6.07, 6.45) is 4.33. The van der Waals surface area contributed by atoms with Crippen LogP contribution in [0.3, 0.4) is 0 Å². The van der Waals surface area contributed by atoms with Gasteiger partial charge in [-0.3, -0.25) is 0 Å². The van der Waals surface area contributed by atoms with Gasteiger partial charge in [0.1, 0.15) is 0 Å². The molecule has 0 radical (unpaired) electrons. The molecule has 1 heteroatoms. The second kappa shape index (κ2) is 6.44. The first-order valence-corrected chi connectivity index (χ1v) is 9.15. The van der Waals surface area contributed by atoms with Crippen molar-refractivity contribution in [2.24, 2.45) is 0 Å². The number of hydrogen-bond donors (Lipinski definition) is 0. The second-order valence-corrected chi connectivity index (χ2v) is 10.3. The van der Waals surface area contributed by atoms with Crippen molar-refractivity contribution in [1.29, 1.82) is 0 Å². The fourth-order valence-electron chi connectivity index (χ4n) is 0.773. The Morgan fingerprint density at radius 2 is 1.80 bits per heavy atom. The molecule has 64 valence electrons. The van der Waals surface area contributed by atoms with E-state index in [-0.39, 0.29) is 0 Å². The van der Waals surface area contributed by atoms with Gasteiger partial charge in [-0.1, -0.05) is 0 Å². The van der Waals surface area contributed by atoms with Gasteiger partial charge in [0.15, 0.2) is 0 Å². The van der Waals surface area contributed by atoms with Gasteiger partial charge in [0.2, 0.25) is 0 Å². The Hall–Kier alpha value is 0.730. The van der Waals surface area contributed by atoms with E-state index in [9.17, 15) is 0 Å². The van der Waals surface area contributed by atoms with Gasteiger partial charge in [0.25, 0.3) is 0 Å². The first-order chi connectivity index (χ1) is 4.68. The fraction of sp³-hybridized carbons (Fsp3) is 1.00. The van der Waals surface area contributed by atoms with E-state index in [1.807, 2.05) is 0 Å². The minimum atomic E-state index is -0.464. The molecule has 0 heterocycles. The van der Waals surface area contributed by atoms with Crippen LogP contribution in [0.2, 0.25) is 0 Å². The summed E-state index contributed by atoms with van der Waals surface area (Å²) >= 11 is -0.464. The minimum absolute atomic E-state index is 0.464. The Morgan fingerprint density at radius 3 is 2.20 bits per heavy atom. The van der Waals surface area contributed by atoms with Gasteiger partial charge >= 0.3 is 73.1 Å². The molecule has 0 aliphatic heterocycles. The van der Waals surface area contributed by atoms with Crippen LogP contribution >= 0.6 is 19.8 Å². The van der Waals surface area contributed by atoms with Gasteiger partial charge in [-0.25, -0.2) is 0 Å². The van der Waals surface area contributed by atoms with Crippen molar-refractivity contribution >= 4 is 19.8 Å². The van der Waals surface area contributed by atoms with Crippen molar-refractivity contribution in [3.63, 3.8) is 0 Å². The van der Waals surface area contributed by atoms with Gasteiger partial charge < -0.3 is 0 Å². The van der Waals surface area contributed by atoms with Crippen LogP contribution in [0.5, 0.6) is 0 Å². The van der Waals surface area contributed by atoms with Crippen molar-refractivity contribution in [3.05, 3.63) is 0 Å². The van der Waals surface area contributed by atoms with Gasteiger partial charge in [-0.2, -0.15) is 0 Å². The van der Waals surface area contributed by atoms with Crippen LogP contribution < -0.4 is 0 Å². The molecule has 0 aliphatic rings. The molecule has 0 aromatic carbocycles. The molecule has 0 aromatic heterocycles. The zero-order valence-electron chi connectivity index (χ0n) is 7.78. The average molecular weight is 256 g/mol. The standard InChI is InChI=1S/C9H21I/c1-5-6-7-8-10(4)9(2)3/h9H,5-8H2,1-4H3. The van der Waals surface area contributed by atoms with E-state index in [0.29, 0.717) is 0 Å². The zero-order valence-corrected chi connectivity index (χ0v) is 9.94. The summed E-state index contributed by atoms with van der Waals surface area (Å²) in [4.78, 5) is 2.52. The molecule has 0 spiro atoms. The topological polar surface area (TPSA) is 0 Å². The van der Waals surface area contributed by atoms with Crippen LogP contribution in [0.4, 0.5) is 0 Å². The number of halogens is 1. The third-order valence-electron chi connectivity index (χ3n) is 1.78. The summed E-state index contributed by atoms with van der Waals surface area (Å²) in [6, 6.07) is 0. The van der Waals surface area contributed by atoms with E-state index in [2.05, 4.69) is 25.7 Å². The number of unbranched alkanes of at least 4 members (excludes halogenated alkanes) is 2. The normalized spacial score (nSPS) is 12.3. The van der Waals surface area contributed by atoms with E-state index in [1.54, 1.807) is 4.43 Å². The van der Waals surface area contributed by atoms with Crippen LogP contribution in [0.15, 0.2) is 0 Å². The quantitative estimate of drug-likeness (QED) is 0.399. The Kier molecular flexibility index (Phi) is 6.91. The first kappa shape index (κ1) is 10.7. The van der Waals surface area contributed by atoms with E-state index in [1.165, 1.54) is 19.3 Å². The molecule has 0 fully saturated rings. The molecular formula is C9H21I. The molecule has 0 aromatic rings. The summed E-state index contributed by atoms with van der Waals surface area (Å²) in [5.74, 6) is 0. The summed E-state index contributed by atoms with van der Waals surface area (Å²) in [7, 11) is 0. The summed E-state index contributed by atoms with van der Waals surface area (Å²) < 4.78 is 2.61. The van der Waals surface area contributed by atoms with Gasteiger partial charge in [-0.05, 0) is 0 Å². The molecule has 0 rings (SSSR count). The Balaban J connectivity index is 3.13. The molecule has 0 nitrogen and oxygen atoms in total. The van der Waals surface area contributed by atoms with Crippen LogP contribution in [0.1, 0.15) is 40.0 Å². The molecule has 0 saturated heterocycles. The Labute approximate surface area is 73.2 Å². The Bertz CT molecular complexity index is 69.1. The van der Waals surface area contributed by atoms with Gasteiger partial charge in [-0.15, -0.1) is 0 Å². The molecule has 0 bridgehead atoms. The van der Waals surface area contributed by atoms with Crippen LogP contribution in [-0.2, 0) is 0 Å². The van der Waals surface area contributed by atoms with Crippen molar-refractivity contribution in [2.75, 3.05) is 9.36 Å². The van der Waals surface area contributed by atoms with Crippen LogP contribution in [-0.4, -0.2) is 13.3 Å². The predicted octanol–water partition coefficient (Wildman–Crippen LogP) is 3.72. The summed E-state index contributed by atoms with van der Waals surface area (Å²) in [5.41, 5.74) is 0. The van der Waals surface area contributed by atoms with Crippen molar-refractivity contribution < 1.29 is 0 Å². The van der Waals surface area contributed by atoms with Gasteiger partial charge in [0.05, 0.1) is 0 Å². The molecule has 0 amide bonds. The van der Waals surface area contributed by atoms with E-state index in [4.69, 9.17) is 0 Å². The maximum absolute atomic E-state index is 2.52. The number of hydrogen-bond acceptors (Lipinski definition) is 0. The molecule has 0 N–H and O–H groups in total. The predicted molar refractivity (Wildman–Crippen MR) is 59.5 cm³/mol. The van der Waals surface area contributed by atoms with Crippen LogP contribution in [0.25, 0.3) is 0 Å². The number of alkyl halides is 3. The second-order valence-electron chi connectivity index (χ2n) is 3.05. The molecule has 0 aliphatic carbocycles. The average Bonchev–Trinajstić information content (AvgIpc) is 1.88. The van der Waals surface area contributed by atoms with E-state index < -0.39 is 19.8 Å². The molecule has 0 atom stereocenters. The monoisotopic (exact) mass is 256 g/mol. The molecule has 10 heavy (non-hydrogen) atoms. The SMILES string of the molecule is CCCCCI(C)C(C)C. The summed E-state index contributed by atoms with van der Waals surface area (Å²) in [5, 5.41) is 0. The van der Waals surface area contributed by atoms with Crippen LogP contribution in [0, 0.1) is 0 Å². The maximum atomic E-state index is 2.52. The molecule has 0 unspecified atom stereocenters. The number of rotatable bonds is 5. The third kappa shape index (κ3) is 5.51. The summed E-state index contributed by atoms with van der Waals surface area (Å²) in [6.45, 7) is 7.05. The van der Waals surface area contributed by atoms with Crippen molar-refractivity contribution in [2.45, 2.75) is 44.0 Å². The first-order valence-electron chi connectivity index (χ1n) is 4.23.